The first kappa shape index (κ1) is 14.8. The van der Waals surface area contributed by atoms with E-state index in [1.165, 1.54) is 16.7 Å². The van der Waals surface area contributed by atoms with Crippen LogP contribution < -0.4 is 5.32 Å². The first-order chi connectivity index (χ1) is 12.9. The number of hydrogen-bond donors (Lipinski definition) is 2. The minimum Gasteiger partial charge on any atom is -0.340 e. The van der Waals surface area contributed by atoms with E-state index in [1.54, 1.807) is 0 Å². The normalized spacial score (nSPS) is 22.8. The molecule has 1 aromatic carbocycles. The van der Waals surface area contributed by atoms with Crippen molar-refractivity contribution in [1.29, 1.82) is 0 Å². The van der Waals surface area contributed by atoms with Gasteiger partial charge in [-0.2, -0.15) is 5.10 Å². The summed E-state index contributed by atoms with van der Waals surface area (Å²) in [4.78, 5) is 8.70. The minimum atomic E-state index is 0.215. The molecule has 0 radical (unpaired) electrons. The third-order valence-corrected chi connectivity index (χ3v) is 4.88. The molecule has 0 saturated carbocycles. The molecule has 126 valence electrons. The number of aromatic nitrogens is 2. The van der Waals surface area contributed by atoms with Crippen molar-refractivity contribution in [3.63, 3.8) is 0 Å². The summed E-state index contributed by atoms with van der Waals surface area (Å²) < 4.78 is 0. The number of aliphatic imine (C=N–C) groups is 2. The highest BCUT2D eigenvalue weighted by molar-refractivity contribution is 6.12. The Kier molecular flexibility index (Phi) is 3.49. The predicted octanol–water partition coefficient (Wildman–Crippen LogP) is 4.07. The molecule has 0 bridgehead atoms. The lowest BCUT2D eigenvalue weighted by Gasteiger charge is -2.21. The summed E-state index contributed by atoms with van der Waals surface area (Å²) in [7, 11) is 0. The summed E-state index contributed by atoms with van der Waals surface area (Å²) in [6, 6.07) is 8.43. The summed E-state index contributed by atoms with van der Waals surface area (Å²) in [5.74, 6) is 1.39. The maximum Gasteiger partial charge on any atom is 0.134 e. The number of amidine groups is 1. The molecule has 0 fully saturated rings. The monoisotopic (exact) mass is 339 g/mol. The Balaban J connectivity index is 1.34. The Morgan fingerprint density at radius 2 is 1.85 bits per heavy atom. The van der Waals surface area contributed by atoms with E-state index in [1.807, 2.05) is 31.0 Å². The third-order valence-electron chi connectivity index (χ3n) is 4.88. The molecule has 2 atom stereocenters. The molecule has 0 spiro atoms. The Labute approximate surface area is 151 Å². The van der Waals surface area contributed by atoms with Gasteiger partial charge in [-0.15, -0.1) is 0 Å². The van der Waals surface area contributed by atoms with Crippen LogP contribution in [0.1, 0.15) is 17.0 Å². The molecule has 2 N–H and O–H groups in total. The predicted molar refractivity (Wildman–Crippen MR) is 105 cm³/mol. The van der Waals surface area contributed by atoms with Gasteiger partial charge in [-0.1, -0.05) is 36.4 Å². The van der Waals surface area contributed by atoms with Crippen LogP contribution in [0.5, 0.6) is 0 Å². The van der Waals surface area contributed by atoms with Gasteiger partial charge in [0.05, 0.1) is 6.20 Å². The smallest absolute Gasteiger partial charge is 0.134 e. The zero-order valence-corrected chi connectivity index (χ0v) is 14.0. The first-order valence-corrected chi connectivity index (χ1v) is 8.61. The fourth-order valence-electron chi connectivity index (χ4n) is 3.51. The van der Waals surface area contributed by atoms with Gasteiger partial charge < -0.3 is 5.32 Å². The van der Waals surface area contributed by atoms with Crippen LogP contribution >= 0.6 is 0 Å². The minimum absolute atomic E-state index is 0.215. The zero-order valence-electron chi connectivity index (χ0n) is 14.0. The van der Waals surface area contributed by atoms with E-state index in [0.29, 0.717) is 0 Å². The van der Waals surface area contributed by atoms with Crippen LogP contribution in [0.2, 0.25) is 0 Å². The van der Waals surface area contributed by atoms with Crippen LogP contribution in [0.15, 0.2) is 88.9 Å². The summed E-state index contributed by atoms with van der Waals surface area (Å²) in [5.41, 5.74) is 5.79. The van der Waals surface area contributed by atoms with Crippen molar-refractivity contribution in [2.75, 3.05) is 5.32 Å². The molecule has 3 heterocycles. The van der Waals surface area contributed by atoms with Crippen molar-refractivity contribution < 1.29 is 0 Å². The lowest BCUT2D eigenvalue weighted by Crippen LogP contribution is -2.21. The first-order valence-electron chi connectivity index (χ1n) is 8.61. The van der Waals surface area contributed by atoms with Crippen molar-refractivity contribution in [2.45, 2.75) is 5.92 Å². The van der Waals surface area contributed by atoms with E-state index in [4.69, 9.17) is 0 Å². The number of nitrogens with one attached hydrogen (secondary N) is 2. The molecule has 5 rings (SSSR count). The van der Waals surface area contributed by atoms with Crippen molar-refractivity contribution in [3.05, 3.63) is 90.1 Å². The van der Waals surface area contributed by atoms with E-state index in [0.717, 1.165) is 17.1 Å². The molecule has 26 heavy (non-hydrogen) atoms. The van der Waals surface area contributed by atoms with Crippen molar-refractivity contribution in [2.24, 2.45) is 15.9 Å². The largest absolute Gasteiger partial charge is 0.340 e. The number of H-pyrrole nitrogens is 1. The molecular weight excluding hydrogens is 322 g/mol. The molecular formula is C21H17N5. The fourth-order valence-corrected chi connectivity index (χ4v) is 3.51. The third kappa shape index (κ3) is 2.54. The summed E-state index contributed by atoms with van der Waals surface area (Å²) >= 11 is 0. The number of nitrogens with zero attached hydrogens (tertiary/aromatic N) is 3. The number of fused-ring (bicyclic) bond motifs is 1. The van der Waals surface area contributed by atoms with Gasteiger partial charge >= 0.3 is 0 Å². The molecule has 2 aliphatic heterocycles. The van der Waals surface area contributed by atoms with E-state index in [-0.39, 0.29) is 11.8 Å². The summed E-state index contributed by atoms with van der Waals surface area (Å²) in [6.45, 7) is 0. The summed E-state index contributed by atoms with van der Waals surface area (Å²) in [5, 5.41) is 10.4. The van der Waals surface area contributed by atoms with Crippen LogP contribution in [0.25, 0.3) is 5.57 Å². The highest BCUT2D eigenvalue weighted by Crippen LogP contribution is 2.37. The molecule has 1 aliphatic carbocycles. The van der Waals surface area contributed by atoms with Crippen LogP contribution in [0.4, 0.5) is 5.69 Å². The van der Waals surface area contributed by atoms with Crippen LogP contribution in [0.3, 0.4) is 0 Å². The molecule has 3 aliphatic rings. The maximum atomic E-state index is 4.55. The average molecular weight is 339 g/mol. The second kappa shape index (κ2) is 6.11. The lowest BCUT2D eigenvalue weighted by molar-refractivity contribution is 1.04. The number of anilines is 1. The Morgan fingerprint density at radius 1 is 0.962 bits per heavy atom. The van der Waals surface area contributed by atoms with E-state index in [9.17, 15) is 0 Å². The van der Waals surface area contributed by atoms with Gasteiger partial charge in [0.1, 0.15) is 5.84 Å². The van der Waals surface area contributed by atoms with E-state index >= 15 is 0 Å². The summed E-state index contributed by atoms with van der Waals surface area (Å²) in [6.07, 6.45) is 17.9. The molecule has 0 saturated heterocycles. The molecule has 2 unspecified atom stereocenters. The standard InChI is InChI=1S/C21H17N5/c1-3-17(4-2-14(1)15-7-9-22-11-15)26-21-20-6-5-18(16-12-24-25-13-16)19(20)8-10-23-21/h1-13,15,19H,(H,23,26)(H,24,25). The number of rotatable bonds is 3. The molecule has 0 amide bonds. The van der Waals surface area contributed by atoms with Crippen molar-refractivity contribution >= 4 is 23.3 Å². The number of hydrogen-bond acceptors (Lipinski definition) is 4. The molecule has 2 aromatic rings. The Hall–Kier alpha value is -3.47. The average Bonchev–Trinajstić information content (AvgIpc) is 3.43. The van der Waals surface area contributed by atoms with Gasteiger partial charge in [0.2, 0.25) is 0 Å². The number of benzene rings is 1. The Morgan fingerprint density at radius 3 is 2.62 bits per heavy atom. The quantitative estimate of drug-likeness (QED) is 0.885. The second-order valence-corrected chi connectivity index (χ2v) is 6.44. The Bertz CT molecular complexity index is 989. The van der Waals surface area contributed by atoms with Gasteiger partial charge in [-0.25, -0.2) is 4.99 Å². The van der Waals surface area contributed by atoms with E-state index < -0.39 is 0 Å². The molecule has 5 nitrogen and oxygen atoms in total. The van der Waals surface area contributed by atoms with Crippen LogP contribution in [-0.4, -0.2) is 22.2 Å². The van der Waals surface area contributed by atoms with Gasteiger partial charge in [0, 0.05) is 53.5 Å². The molecule has 5 heteroatoms. The van der Waals surface area contributed by atoms with Gasteiger partial charge in [-0.3, -0.25) is 10.1 Å². The topological polar surface area (TPSA) is 65.4 Å². The fraction of sp³-hybridized carbons (Fsp3) is 0.0952. The maximum absolute atomic E-state index is 4.55. The van der Waals surface area contributed by atoms with Crippen LogP contribution in [0, 0.1) is 5.92 Å². The van der Waals surface area contributed by atoms with Crippen LogP contribution in [-0.2, 0) is 0 Å². The number of aromatic amines is 1. The number of allylic oxidation sites excluding steroid dienone is 5. The van der Waals surface area contributed by atoms with Crippen molar-refractivity contribution in [3.8, 4) is 0 Å². The van der Waals surface area contributed by atoms with E-state index in [2.05, 4.69) is 74.1 Å². The van der Waals surface area contributed by atoms with Crippen molar-refractivity contribution in [1.82, 2.24) is 10.2 Å². The lowest BCUT2D eigenvalue weighted by atomic mass is 9.90. The highest BCUT2D eigenvalue weighted by atomic mass is 15.1. The van der Waals surface area contributed by atoms with Gasteiger partial charge in [0.15, 0.2) is 0 Å². The second-order valence-electron chi connectivity index (χ2n) is 6.44. The zero-order chi connectivity index (χ0) is 17.3. The van der Waals surface area contributed by atoms with Gasteiger partial charge in [-0.05, 0) is 23.3 Å². The highest BCUT2D eigenvalue weighted by Gasteiger charge is 2.27. The van der Waals surface area contributed by atoms with Gasteiger partial charge in [0.25, 0.3) is 0 Å². The SMILES string of the molecule is C1=CC(c2ccc(NC3=NC=CC4C3=CC=C4c3cn[nH]c3)cc2)C=N1. The molecule has 1 aromatic heterocycles.